The maximum absolute atomic E-state index is 6.19. The van der Waals surface area contributed by atoms with E-state index >= 15 is 0 Å². The highest BCUT2D eigenvalue weighted by Crippen LogP contribution is 2.31. The third-order valence-electron chi connectivity index (χ3n) is 3.79. The Morgan fingerprint density at radius 2 is 2.05 bits per heavy atom. The first kappa shape index (κ1) is 13.1. The summed E-state index contributed by atoms with van der Waals surface area (Å²) in [7, 11) is 0. The summed E-state index contributed by atoms with van der Waals surface area (Å²) in [6.45, 7) is 4.11. The van der Waals surface area contributed by atoms with Gasteiger partial charge in [-0.05, 0) is 31.0 Å². The molecule has 3 heteroatoms. The largest absolute Gasteiger partial charge is 0.469 e. The number of aryl methyl sites for hydroxylation is 1. The minimum absolute atomic E-state index is 0.0707. The van der Waals surface area contributed by atoms with E-state index in [1.165, 1.54) is 5.56 Å². The Bertz CT molecular complexity index is 533. The molecule has 1 unspecified atom stereocenters. The van der Waals surface area contributed by atoms with Crippen molar-refractivity contribution in [1.29, 1.82) is 0 Å². The van der Waals surface area contributed by atoms with E-state index in [4.69, 9.17) is 4.74 Å². The second-order valence-electron chi connectivity index (χ2n) is 5.38. The molecule has 1 aliphatic heterocycles. The fraction of sp³-hybridized carbons (Fsp3) is 0.353. The Morgan fingerprint density at radius 3 is 2.70 bits per heavy atom. The van der Waals surface area contributed by atoms with Gasteiger partial charge in [0, 0.05) is 24.7 Å². The molecule has 1 N–H and O–H groups in total. The van der Waals surface area contributed by atoms with E-state index in [1.54, 1.807) is 0 Å². The molecule has 1 saturated heterocycles. The fourth-order valence-electron chi connectivity index (χ4n) is 2.67. The van der Waals surface area contributed by atoms with E-state index in [-0.39, 0.29) is 6.10 Å². The number of hydrogen-bond donors (Lipinski definition) is 1. The molecule has 104 valence electrons. The van der Waals surface area contributed by atoms with Crippen LogP contribution < -0.4 is 10.1 Å². The summed E-state index contributed by atoms with van der Waals surface area (Å²) in [5, 5.41) is 3.42. The van der Waals surface area contributed by atoms with Crippen LogP contribution in [-0.4, -0.2) is 18.1 Å². The molecule has 20 heavy (non-hydrogen) atoms. The van der Waals surface area contributed by atoms with Gasteiger partial charge in [-0.2, -0.15) is 0 Å². The standard InChI is InChI=1S/C17H20N2O/c1-13-7-8-16(19-11-13)20-17(15-9-10-18-12-15)14-5-3-2-4-6-14/h2-8,11,15,17-18H,9-10,12H2,1H3/t15?,17-/m1/s1. The van der Waals surface area contributed by atoms with E-state index in [0.29, 0.717) is 11.8 Å². The zero-order chi connectivity index (χ0) is 13.8. The molecule has 1 fully saturated rings. The summed E-state index contributed by atoms with van der Waals surface area (Å²) >= 11 is 0. The van der Waals surface area contributed by atoms with Gasteiger partial charge in [-0.25, -0.2) is 4.98 Å². The average Bonchev–Trinajstić information content (AvgIpc) is 3.01. The van der Waals surface area contributed by atoms with Crippen LogP contribution in [0, 0.1) is 12.8 Å². The van der Waals surface area contributed by atoms with Crippen LogP contribution in [0.2, 0.25) is 0 Å². The van der Waals surface area contributed by atoms with E-state index in [2.05, 4.69) is 34.6 Å². The van der Waals surface area contributed by atoms with Crippen LogP contribution in [0.4, 0.5) is 0 Å². The maximum Gasteiger partial charge on any atom is 0.213 e. The number of nitrogens with zero attached hydrogens (tertiary/aromatic N) is 1. The molecule has 0 radical (unpaired) electrons. The molecule has 3 rings (SSSR count). The van der Waals surface area contributed by atoms with Gasteiger partial charge in [-0.15, -0.1) is 0 Å². The van der Waals surface area contributed by atoms with E-state index < -0.39 is 0 Å². The highest BCUT2D eigenvalue weighted by atomic mass is 16.5. The minimum Gasteiger partial charge on any atom is -0.469 e. The van der Waals surface area contributed by atoms with Crippen LogP contribution in [-0.2, 0) is 0 Å². The van der Waals surface area contributed by atoms with Crippen molar-refractivity contribution in [2.45, 2.75) is 19.4 Å². The summed E-state index contributed by atoms with van der Waals surface area (Å²) in [6.07, 6.45) is 3.07. The van der Waals surface area contributed by atoms with Gasteiger partial charge in [0.2, 0.25) is 5.88 Å². The predicted molar refractivity (Wildman–Crippen MR) is 79.8 cm³/mol. The second kappa shape index (κ2) is 6.06. The molecule has 2 atom stereocenters. The second-order valence-corrected chi connectivity index (χ2v) is 5.38. The number of ether oxygens (including phenoxy) is 1. The van der Waals surface area contributed by atoms with E-state index in [9.17, 15) is 0 Å². The first-order valence-corrected chi connectivity index (χ1v) is 7.18. The molecular weight excluding hydrogens is 248 g/mol. The topological polar surface area (TPSA) is 34.1 Å². The summed E-state index contributed by atoms with van der Waals surface area (Å²) in [4.78, 5) is 4.37. The lowest BCUT2D eigenvalue weighted by atomic mass is 9.95. The SMILES string of the molecule is Cc1ccc(O[C@H](c2ccccc2)C2CCNC2)nc1. The number of nitrogens with one attached hydrogen (secondary N) is 1. The third-order valence-corrected chi connectivity index (χ3v) is 3.79. The lowest BCUT2D eigenvalue weighted by Crippen LogP contribution is -2.21. The quantitative estimate of drug-likeness (QED) is 0.925. The van der Waals surface area contributed by atoms with Gasteiger partial charge < -0.3 is 10.1 Å². The summed E-state index contributed by atoms with van der Waals surface area (Å²) in [5.41, 5.74) is 2.37. The Morgan fingerprint density at radius 1 is 1.20 bits per heavy atom. The molecule has 2 heterocycles. The Hall–Kier alpha value is -1.87. The van der Waals surface area contributed by atoms with Gasteiger partial charge in [0.15, 0.2) is 0 Å². The molecule has 0 bridgehead atoms. The lowest BCUT2D eigenvalue weighted by Gasteiger charge is -2.24. The monoisotopic (exact) mass is 268 g/mol. The van der Waals surface area contributed by atoms with Crippen LogP contribution in [0.25, 0.3) is 0 Å². The zero-order valence-electron chi connectivity index (χ0n) is 11.8. The number of rotatable bonds is 4. The lowest BCUT2D eigenvalue weighted by molar-refractivity contribution is 0.138. The molecule has 1 aromatic carbocycles. The highest BCUT2D eigenvalue weighted by molar-refractivity contribution is 5.22. The van der Waals surface area contributed by atoms with E-state index in [0.717, 1.165) is 25.1 Å². The van der Waals surface area contributed by atoms with Gasteiger partial charge in [0.1, 0.15) is 6.10 Å². The summed E-state index contributed by atoms with van der Waals surface area (Å²) in [6, 6.07) is 14.4. The van der Waals surface area contributed by atoms with Crippen molar-refractivity contribution in [2.75, 3.05) is 13.1 Å². The molecule has 2 aromatic rings. The van der Waals surface area contributed by atoms with Crippen molar-refractivity contribution >= 4 is 0 Å². The summed E-state index contributed by atoms with van der Waals surface area (Å²) in [5.74, 6) is 1.21. The third kappa shape index (κ3) is 2.99. The van der Waals surface area contributed by atoms with Crippen LogP contribution >= 0.6 is 0 Å². The molecule has 3 nitrogen and oxygen atoms in total. The van der Waals surface area contributed by atoms with Gasteiger partial charge in [-0.3, -0.25) is 0 Å². The van der Waals surface area contributed by atoms with Crippen LogP contribution in [0.5, 0.6) is 5.88 Å². The predicted octanol–water partition coefficient (Wildman–Crippen LogP) is 3.12. The van der Waals surface area contributed by atoms with Crippen molar-refractivity contribution in [3.8, 4) is 5.88 Å². The number of hydrogen-bond acceptors (Lipinski definition) is 3. The van der Waals surface area contributed by atoms with Gasteiger partial charge in [-0.1, -0.05) is 36.4 Å². The molecule has 0 amide bonds. The van der Waals surface area contributed by atoms with Crippen LogP contribution in [0.3, 0.4) is 0 Å². The minimum atomic E-state index is 0.0707. The first-order valence-electron chi connectivity index (χ1n) is 7.18. The highest BCUT2D eigenvalue weighted by Gasteiger charge is 2.28. The van der Waals surface area contributed by atoms with Crippen LogP contribution in [0.1, 0.15) is 23.7 Å². The smallest absolute Gasteiger partial charge is 0.213 e. The van der Waals surface area contributed by atoms with E-state index in [1.807, 2.05) is 31.3 Å². The molecule has 0 aliphatic carbocycles. The Balaban J connectivity index is 1.83. The van der Waals surface area contributed by atoms with Crippen molar-refractivity contribution in [1.82, 2.24) is 10.3 Å². The number of aromatic nitrogens is 1. The molecule has 1 aliphatic rings. The number of benzene rings is 1. The van der Waals surface area contributed by atoms with Gasteiger partial charge in [0.25, 0.3) is 0 Å². The van der Waals surface area contributed by atoms with Crippen LogP contribution in [0.15, 0.2) is 48.7 Å². The number of pyridine rings is 1. The Kier molecular flexibility index (Phi) is 3.97. The molecule has 0 spiro atoms. The summed E-state index contributed by atoms with van der Waals surface area (Å²) < 4.78 is 6.19. The van der Waals surface area contributed by atoms with Crippen molar-refractivity contribution in [3.63, 3.8) is 0 Å². The van der Waals surface area contributed by atoms with Crippen molar-refractivity contribution in [2.24, 2.45) is 5.92 Å². The maximum atomic E-state index is 6.19. The first-order chi connectivity index (χ1) is 9.83. The molecule has 1 aromatic heterocycles. The average molecular weight is 268 g/mol. The van der Waals surface area contributed by atoms with Crippen molar-refractivity contribution in [3.05, 3.63) is 59.8 Å². The fourth-order valence-corrected chi connectivity index (χ4v) is 2.67. The molecule has 0 saturated carbocycles. The Labute approximate surface area is 120 Å². The van der Waals surface area contributed by atoms with Crippen molar-refractivity contribution < 1.29 is 4.74 Å². The van der Waals surface area contributed by atoms with Gasteiger partial charge >= 0.3 is 0 Å². The molecular formula is C17H20N2O. The normalized spacial score (nSPS) is 19.8. The van der Waals surface area contributed by atoms with Gasteiger partial charge in [0.05, 0.1) is 0 Å². The zero-order valence-corrected chi connectivity index (χ0v) is 11.8.